The number of nitrogens with zero attached hydrogens (tertiary/aromatic N) is 2. The minimum absolute atomic E-state index is 0.238. The maximum Gasteiger partial charge on any atom is 0.329 e. The minimum atomic E-state index is -0.646. The van der Waals surface area contributed by atoms with Gasteiger partial charge in [-0.25, -0.2) is 4.79 Å². The SMILES string of the molecule is Cn1c(=O)n(C2CCC(=O)NC2=O)c2ccc(CCCOCCCCCBr)cc21. The number of ether oxygens (including phenoxy) is 1. The van der Waals surface area contributed by atoms with Crippen molar-refractivity contribution in [3.63, 3.8) is 0 Å². The fourth-order valence-corrected chi connectivity index (χ4v) is 4.15. The lowest BCUT2D eigenvalue weighted by Gasteiger charge is -2.21. The summed E-state index contributed by atoms with van der Waals surface area (Å²) in [5.41, 5.74) is 2.42. The number of benzene rings is 1. The van der Waals surface area contributed by atoms with Gasteiger partial charge in [0.15, 0.2) is 0 Å². The van der Waals surface area contributed by atoms with Crippen LogP contribution in [0.1, 0.15) is 50.1 Å². The molecule has 1 aliphatic rings. The number of imide groups is 1. The summed E-state index contributed by atoms with van der Waals surface area (Å²) in [7, 11) is 1.72. The molecule has 1 atom stereocenters. The van der Waals surface area contributed by atoms with Crippen molar-refractivity contribution in [3.8, 4) is 0 Å². The van der Waals surface area contributed by atoms with Gasteiger partial charge in [0.05, 0.1) is 11.0 Å². The van der Waals surface area contributed by atoms with E-state index in [2.05, 4.69) is 21.2 Å². The van der Waals surface area contributed by atoms with E-state index in [9.17, 15) is 14.4 Å². The van der Waals surface area contributed by atoms with Crippen LogP contribution in [0.15, 0.2) is 23.0 Å². The molecule has 1 aromatic carbocycles. The Balaban J connectivity index is 1.65. The number of alkyl halides is 1. The van der Waals surface area contributed by atoms with Gasteiger partial charge in [0.1, 0.15) is 6.04 Å². The number of rotatable bonds is 10. The molecular formula is C21H28BrN3O4. The molecule has 0 bridgehead atoms. The third-order valence-corrected chi connectivity index (χ3v) is 5.91. The van der Waals surface area contributed by atoms with Gasteiger partial charge in [-0.15, -0.1) is 0 Å². The van der Waals surface area contributed by atoms with Crippen molar-refractivity contribution in [2.24, 2.45) is 7.05 Å². The number of carbonyl (C=O) groups is 2. The molecule has 158 valence electrons. The molecule has 0 spiro atoms. The third kappa shape index (κ3) is 5.17. The zero-order valence-electron chi connectivity index (χ0n) is 16.8. The van der Waals surface area contributed by atoms with E-state index in [0.717, 1.165) is 54.4 Å². The Morgan fingerprint density at radius 2 is 1.90 bits per heavy atom. The van der Waals surface area contributed by atoms with Crippen LogP contribution in [0.3, 0.4) is 0 Å². The first-order chi connectivity index (χ1) is 14.0. The number of nitrogens with one attached hydrogen (secondary N) is 1. The number of aryl methyl sites for hydroxylation is 2. The smallest absolute Gasteiger partial charge is 0.329 e. The molecule has 7 nitrogen and oxygen atoms in total. The second kappa shape index (κ2) is 10.2. The Hall–Kier alpha value is -1.93. The van der Waals surface area contributed by atoms with Crippen LogP contribution < -0.4 is 11.0 Å². The van der Waals surface area contributed by atoms with Crippen LogP contribution in [-0.4, -0.2) is 39.5 Å². The lowest BCUT2D eigenvalue weighted by atomic mass is 10.1. The van der Waals surface area contributed by atoms with E-state index < -0.39 is 11.9 Å². The molecule has 0 saturated carbocycles. The topological polar surface area (TPSA) is 82.3 Å². The summed E-state index contributed by atoms with van der Waals surface area (Å²) in [6.07, 6.45) is 5.83. The van der Waals surface area contributed by atoms with Crippen molar-refractivity contribution in [3.05, 3.63) is 34.2 Å². The predicted octanol–water partition coefficient (Wildman–Crippen LogP) is 2.83. The third-order valence-electron chi connectivity index (χ3n) is 5.35. The zero-order valence-corrected chi connectivity index (χ0v) is 18.4. The Morgan fingerprint density at radius 1 is 1.10 bits per heavy atom. The van der Waals surface area contributed by atoms with Crippen molar-refractivity contribution in [2.75, 3.05) is 18.5 Å². The van der Waals surface area contributed by atoms with E-state index >= 15 is 0 Å². The first-order valence-corrected chi connectivity index (χ1v) is 11.3. The summed E-state index contributed by atoms with van der Waals surface area (Å²) in [4.78, 5) is 36.4. The number of hydrogen-bond acceptors (Lipinski definition) is 4. The van der Waals surface area contributed by atoms with Crippen molar-refractivity contribution in [1.82, 2.24) is 14.5 Å². The van der Waals surface area contributed by atoms with Crippen LogP contribution in [0.2, 0.25) is 0 Å². The molecule has 1 unspecified atom stereocenters. The van der Waals surface area contributed by atoms with Crippen LogP contribution in [0, 0.1) is 0 Å². The molecule has 0 radical (unpaired) electrons. The molecule has 1 aromatic heterocycles. The molecule has 2 aromatic rings. The van der Waals surface area contributed by atoms with E-state index in [4.69, 9.17) is 4.74 Å². The fraction of sp³-hybridized carbons (Fsp3) is 0.571. The second-order valence-electron chi connectivity index (χ2n) is 7.47. The van der Waals surface area contributed by atoms with Gasteiger partial charge in [0.25, 0.3) is 0 Å². The molecule has 2 amide bonds. The van der Waals surface area contributed by atoms with Gasteiger partial charge in [0.2, 0.25) is 11.8 Å². The normalized spacial score (nSPS) is 17.1. The summed E-state index contributed by atoms with van der Waals surface area (Å²) < 4.78 is 8.77. The highest BCUT2D eigenvalue weighted by molar-refractivity contribution is 9.09. The standard InChI is InChI=1S/C21H28BrN3O4/c1-24-18-14-15(6-5-13-29-12-4-2-3-11-22)7-8-16(18)25(21(24)28)17-9-10-19(26)23-20(17)27/h7-8,14,17H,2-6,9-13H2,1H3,(H,23,26,27). The van der Waals surface area contributed by atoms with Crippen LogP contribution >= 0.6 is 15.9 Å². The van der Waals surface area contributed by atoms with Crippen molar-refractivity contribution >= 4 is 38.8 Å². The van der Waals surface area contributed by atoms with Gasteiger partial charge >= 0.3 is 5.69 Å². The number of imidazole rings is 1. The quantitative estimate of drug-likeness (QED) is 0.332. The number of carbonyl (C=O) groups excluding carboxylic acids is 2. The van der Waals surface area contributed by atoms with Gasteiger partial charge in [-0.1, -0.05) is 28.4 Å². The van der Waals surface area contributed by atoms with E-state index in [-0.39, 0.29) is 18.0 Å². The number of unbranched alkanes of at least 4 members (excludes halogenated alkanes) is 2. The summed E-state index contributed by atoms with van der Waals surface area (Å²) in [5, 5.41) is 3.38. The van der Waals surface area contributed by atoms with Crippen LogP contribution in [0.25, 0.3) is 11.0 Å². The Kier molecular flexibility index (Phi) is 7.66. The molecule has 8 heteroatoms. The molecule has 1 fully saturated rings. The first kappa shape index (κ1) is 21.8. The number of amides is 2. The van der Waals surface area contributed by atoms with E-state index in [1.54, 1.807) is 11.6 Å². The largest absolute Gasteiger partial charge is 0.381 e. The fourth-order valence-electron chi connectivity index (χ4n) is 3.75. The first-order valence-electron chi connectivity index (χ1n) is 10.2. The average Bonchev–Trinajstić information content (AvgIpc) is 2.95. The van der Waals surface area contributed by atoms with Gasteiger partial charge < -0.3 is 4.74 Å². The molecular weight excluding hydrogens is 438 g/mol. The van der Waals surface area contributed by atoms with Gasteiger partial charge in [0, 0.05) is 32.0 Å². The molecule has 2 heterocycles. The zero-order chi connectivity index (χ0) is 20.8. The van der Waals surface area contributed by atoms with Gasteiger partial charge in [-0.3, -0.25) is 24.0 Å². The maximum atomic E-state index is 12.8. The number of aromatic nitrogens is 2. The molecule has 3 rings (SSSR count). The summed E-state index contributed by atoms with van der Waals surface area (Å²) >= 11 is 3.43. The van der Waals surface area contributed by atoms with Crippen molar-refractivity contribution < 1.29 is 14.3 Å². The van der Waals surface area contributed by atoms with E-state index in [1.807, 2.05) is 18.2 Å². The second-order valence-corrected chi connectivity index (χ2v) is 8.26. The Labute approximate surface area is 178 Å². The van der Waals surface area contributed by atoms with Gasteiger partial charge in [-0.05, 0) is 49.8 Å². The number of fused-ring (bicyclic) bond motifs is 1. The highest BCUT2D eigenvalue weighted by Gasteiger charge is 2.31. The van der Waals surface area contributed by atoms with Crippen molar-refractivity contribution in [1.29, 1.82) is 0 Å². The highest BCUT2D eigenvalue weighted by atomic mass is 79.9. The molecule has 1 saturated heterocycles. The van der Waals surface area contributed by atoms with Crippen LogP contribution in [-0.2, 0) is 27.8 Å². The lowest BCUT2D eigenvalue weighted by Crippen LogP contribution is -2.44. The lowest BCUT2D eigenvalue weighted by molar-refractivity contribution is -0.135. The maximum absolute atomic E-state index is 12.8. The molecule has 29 heavy (non-hydrogen) atoms. The molecule has 1 N–H and O–H groups in total. The van der Waals surface area contributed by atoms with E-state index in [0.29, 0.717) is 6.42 Å². The molecule has 1 aliphatic heterocycles. The average molecular weight is 466 g/mol. The Morgan fingerprint density at radius 3 is 2.66 bits per heavy atom. The summed E-state index contributed by atoms with van der Waals surface area (Å²) in [6.45, 7) is 1.53. The predicted molar refractivity (Wildman–Crippen MR) is 115 cm³/mol. The highest BCUT2D eigenvalue weighted by Crippen LogP contribution is 2.24. The minimum Gasteiger partial charge on any atom is -0.381 e. The Bertz CT molecular complexity index is 934. The molecule has 0 aliphatic carbocycles. The summed E-state index contributed by atoms with van der Waals surface area (Å²) in [5.74, 6) is -0.694. The van der Waals surface area contributed by atoms with Gasteiger partial charge in [-0.2, -0.15) is 0 Å². The number of halogens is 1. The van der Waals surface area contributed by atoms with Crippen LogP contribution in [0.5, 0.6) is 0 Å². The summed E-state index contributed by atoms with van der Waals surface area (Å²) in [6, 6.07) is 5.26. The number of piperidine rings is 1. The monoisotopic (exact) mass is 465 g/mol. The van der Waals surface area contributed by atoms with E-state index in [1.165, 1.54) is 17.4 Å². The van der Waals surface area contributed by atoms with Crippen molar-refractivity contribution in [2.45, 2.75) is 51.0 Å². The van der Waals surface area contributed by atoms with Crippen LogP contribution in [0.4, 0.5) is 0 Å². The number of hydrogen-bond donors (Lipinski definition) is 1.